The van der Waals surface area contributed by atoms with Crippen LogP contribution in [0.25, 0.3) is 22.3 Å². The van der Waals surface area contributed by atoms with Crippen molar-refractivity contribution in [2.45, 2.75) is 31.8 Å². The van der Waals surface area contributed by atoms with Gasteiger partial charge >= 0.3 is 0 Å². The number of pyridine rings is 1. The summed E-state index contributed by atoms with van der Waals surface area (Å²) in [5.74, 6) is 0.762. The third kappa shape index (κ3) is 6.40. The molecule has 1 unspecified atom stereocenters. The molecule has 1 atom stereocenters. The number of ketones is 1. The lowest BCUT2D eigenvalue weighted by atomic mass is 10.0. The van der Waals surface area contributed by atoms with Crippen LogP contribution in [0.5, 0.6) is 0 Å². The number of hydrogen-bond acceptors (Lipinski definition) is 8. The number of hydrogen-bond donors (Lipinski definition) is 2. The van der Waals surface area contributed by atoms with Crippen LogP contribution in [0.1, 0.15) is 34.5 Å². The standard InChI is InChI=1S/C32H35N7O3/c1-2-30(41)36-25-4-3-11-38(20-25)19-23-9-10-33-28(16-23)29(40)17-22-5-7-24(8-6-22)27-18-26-31(37-27)34-21-35-32(26)39-12-14-42-15-13-39/h2,5-10,16,18,21,25H,1,3-4,11-15,17,19-20H2,(H,36,41)(H,34,35,37). The minimum Gasteiger partial charge on any atom is -0.378 e. The van der Waals surface area contributed by atoms with Crippen LogP contribution in [0.3, 0.4) is 0 Å². The van der Waals surface area contributed by atoms with Gasteiger partial charge in [-0.25, -0.2) is 9.97 Å². The monoisotopic (exact) mass is 565 g/mol. The molecule has 5 heterocycles. The Labute approximate surface area is 244 Å². The second kappa shape index (κ2) is 12.6. The molecule has 0 aliphatic carbocycles. The van der Waals surface area contributed by atoms with Crippen molar-refractivity contribution in [2.75, 3.05) is 44.3 Å². The molecule has 216 valence electrons. The van der Waals surface area contributed by atoms with Gasteiger partial charge in [0.1, 0.15) is 23.5 Å². The first-order valence-electron chi connectivity index (χ1n) is 14.4. The molecule has 1 amide bonds. The molecular weight excluding hydrogens is 530 g/mol. The molecule has 42 heavy (non-hydrogen) atoms. The van der Waals surface area contributed by atoms with E-state index in [1.165, 1.54) is 6.08 Å². The van der Waals surface area contributed by atoms with Crippen molar-refractivity contribution >= 4 is 28.5 Å². The van der Waals surface area contributed by atoms with Gasteiger partial charge in [-0.05, 0) is 60.4 Å². The fraction of sp³-hybridized carbons (Fsp3) is 0.344. The van der Waals surface area contributed by atoms with Crippen LogP contribution in [0.15, 0.2) is 67.6 Å². The van der Waals surface area contributed by atoms with Crippen molar-refractivity contribution in [3.63, 3.8) is 0 Å². The number of carbonyl (C=O) groups excluding carboxylic acids is 2. The van der Waals surface area contributed by atoms with Crippen molar-refractivity contribution in [1.82, 2.24) is 30.2 Å². The van der Waals surface area contributed by atoms with Crippen LogP contribution in [0.4, 0.5) is 5.82 Å². The number of ether oxygens (including phenoxy) is 1. The number of fused-ring (bicyclic) bond motifs is 1. The third-order valence-electron chi connectivity index (χ3n) is 7.90. The molecule has 2 fully saturated rings. The van der Waals surface area contributed by atoms with Gasteiger partial charge < -0.3 is 19.9 Å². The van der Waals surface area contributed by atoms with Crippen molar-refractivity contribution in [3.8, 4) is 11.3 Å². The molecule has 0 bridgehead atoms. The molecule has 4 aromatic rings. The van der Waals surface area contributed by atoms with Gasteiger partial charge in [0.05, 0.1) is 18.6 Å². The number of piperidine rings is 1. The number of aromatic amines is 1. The summed E-state index contributed by atoms with van der Waals surface area (Å²) in [4.78, 5) is 46.2. The molecule has 6 rings (SSSR count). The molecule has 10 nitrogen and oxygen atoms in total. The van der Waals surface area contributed by atoms with E-state index < -0.39 is 0 Å². The van der Waals surface area contributed by atoms with Crippen LogP contribution < -0.4 is 10.2 Å². The maximum Gasteiger partial charge on any atom is 0.243 e. The largest absolute Gasteiger partial charge is 0.378 e. The maximum atomic E-state index is 13.2. The number of nitrogens with one attached hydrogen (secondary N) is 2. The number of carbonyl (C=O) groups is 2. The number of aromatic nitrogens is 4. The topological polar surface area (TPSA) is 116 Å². The Bertz CT molecular complexity index is 1580. The Kier molecular flexibility index (Phi) is 8.34. The van der Waals surface area contributed by atoms with Crippen molar-refractivity contribution in [2.24, 2.45) is 0 Å². The van der Waals surface area contributed by atoms with Gasteiger partial charge in [0.2, 0.25) is 5.91 Å². The lowest BCUT2D eigenvalue weighted by Gasteiger charge is -2.33. The molecular formula is C32H35N7O3. The van der Waals surface area contributed by atoms with Gasteiger partial charge in [-0.2, -0.15) is 0 Å². The highest BCUT2D eigenvalue weighted by molar-refractivity contribution is 5.96. The Hall–Kier alpha value is -4.41. The SMILES string of the molecule is C=CC(=O)NC1CCCN(Cc2ccnc(C(=O)Cc3ccc(-c4cc5c(N6CCOCC6)ncnc5[nH]4)cc3)c2)C1. The van der Waals surface area contributed by atoms with Gasteiger partial charge in [0.25, 0.3) is 0 Å². The average Bonchev–Trinajstić information content (AvgIpc) is 3.47. The summed E-state index contributed by atoms with van der Waals surface area (Å²) in [6.07, 6.45) is 6.85. The fourth-order valence-corrected chi connectivity index (χ4v) is 5.75. The number of anilines is 1. The first kappa shape index (κ1) is 27.7. The highest BCUT2D eigenvalue weighted by atomic mass is 16.5. The highest BCUT2D eigenvalue weighted by Crippen LogP contribution is 2.29. The summed E-state index contributed by atoms with van der Waals surface area (Å²) in [6.45, 7) is 8.97. The quantitative estimate of drug-likeness (QED) is 0.234. The zero-order chi connectivity index (χ0) is 28.9. The smallest absolute Gasteiger partial charge is 0.243 e. The Morgan fingerprint density at radius 2 is 1.88 bits per heavy atom. The van der Waals surface area contributed by atoms with E-state index in [1.54, 1.807) is 12.5 Å². The molecule has 0 saturated carbocycles. The molecule has 10 heteroatoms. The zero-order valence-electron chi connectivity index (χ0n) is 23.6. The number of nitrogens with zero attached hydrogens (tertiary/aromatic N) is 5. The number of morpholine rings is 1. The predicted molar refractivity (Wildman–Crippen MR) is 161 cm³/mol. The molecule has 2 saturated heterocycles. The number of rotatable bonds is 9. The third-order valence-corrected chi connectivity index (χ3v) is 7.90. The Morgan fingerprint density at radius 1 is 1.05 bits per heavy atom. The second-order valence-corrected chi connectivity index (χ2v) is 10.9. The number of benzene rings is 1. The lowest BCUT2D eigenvalue weighted by molar-refractivity contribution is -0.117. The minimum absolute atomic E-state index is 0.0181. The van der Waals surface area contributed by atoms with Crippen molar-refractivity contribution < 1.29 is 14.3 Å². The van der Waals surface area contributed by atoms with Gasteiger partial charge in [0.15, 0.2) is 5.78 Å². The summed E-state index contributed by atoms with van der Waals surface area (Å²) >= 11 is 0. The summed E-state index contributed by atoms with van der Waals surface area (Å²) in [5, 5.41) is 3.99. The van der Waals surface area contributed by atoms with E-state index in [1.807, 2.05) is 36.4 Å². The molecule has 0 radical (unpaired) electrons. The van der Waals surface area contributed by atoms with Crippen molar-refractivity contribution in [3.05, 3.63) is 84.5 Å². The summed E-state index contributed by atoms with van der Waals surface area (Å²) < 4.78 is 5.49. The van der Waals surface area contributed by atoms with E-state index in [2.05, 4.69) is 47.7 Å². The molecule has 2 N–H and O–H groups in total. The normalized spacial score (nSPS) is 17.7. The minimum atomic E-state index is -0.139. The Balaban J connectivity index is 1.10. The van der Waals surface area contributed by atoms with E-state index in [4.69, 9.17) is 4.74 Å². The first-order chi connectivity index (χ1) is 20.6. The van der Waals surface area contributed by atoms with Gasteiger partial charge in [-0.15, -0.1) is 0 Å². The summed E-state index contributed by atoms with van der Waals surface area (Å²) in [5.41, 5.74) is 5.20. The number of amides is 1. The van der Waals surface area contributed by atoms with Gasteiger partial charge in [-0.1, -0.05) is 30.8 Å². The van der Waals surface area contributed by atoms with Crippen LogP contribution in [0.2, 0.25) is 0 Å². The van der Waals surface area contributed by atoms with Crippen LogP contribution in [-0.4, -0.2) is 82.0 Å². The number of Topliss-reactive ketones (excluding diaryl/α,β-unsaturated/α-hetero) is 1. The zero-order valence-corrected chi connectivity index (χ0v) is 23.6. The first-order valence-corrected chi connectivity index (χ1v) is 14.4. The summed E-state index contributed by atoms with van der Waals surface area (Å²) in [7, 11) is 0. The average molecular weight is 566 g/mol. The number of H-pyrrole nitrogens is 1. The van der Waals surface area contributed by atoms with Crippen LogP contribution in [0, 0.1) is 0 Å². The highest BCUT2D eigenvalue weighted by Gasteiger charge is 2.21. The predicted octanol–water partition coefficient (Wildman–Crippen LogP) is 3.55. The van der Waals surface area contributed by atoms with Gasteiger partial charge in [0, 0.05) is 50.5 Å². The lowest BCUT2D eigenvalue weighted by Crippen LogP contribution is -2.46. The molecule has 2 aliphatic rings. The van der Waals surface area contributed by atoms with E-state index in [0.717, 1.165) is 78.3 Å². The fourth-order valence-electron chi connectivity index (χ4n) is 5.75. The van der Waals surface area contributed by atoms with Crippen LogP contribution in [-0.2, 0) is 22.5 Å². The molecule has 0 spiro atoms. The van der Waals surface area contributed by atoms with Gasteiger partial charge in [-0.3, -0.25) is 19.5 Å². The van der Waals surface area contributed by atoms with Crippen molar-refractivity contribution in [1.29, 1.82) is 0 Å². The second-order valence-electron chi connectivity index (χ2n) is 10.9. The van der Waals surface area contributed by atoms with E-state index in [9.17, 15) is 9.59 Å². The summed E-state index contributed by atoms with van der Waals surface area (Å²) in [6, 6.07) is 14.1. The molecule has 2 aliphatic heterocycles. The number of likely N-dealkylation sites (tertiary alicyclic amines) is 1. The Morgan fingerprint density at radius 3 is 2.69 bits per heavy atom. The molecule has 1 aromatic carbocycles. The van der Waals surface area contributed by atoms with E-state index in [0.29, 0.717) is 25.5 Å². The van der Waals surface area contributed by atoms with E-state index >= 15 is 0 Å². The van der Waals surface area contributed by atoms with Crippen LogP contribution >= 0.6 is 0 Å². The maximum absolute atomic E-state index is 13.2. The molecule has 3 aromatic heterocycles. The van der Waals surface area contributed by atoms with E-state index in [-0.39, 0.29) is 24.2 Å².